The van der Waals surface area contributed by atoms with E-state index in [9.17, 15) is 4.79 Å². The number of fused-ring (bicyclic) bond motifs is 1. The first-order chi connectivity index (χ1) is 20.7. The van der Waals surface area contributed by atoms with Gasteiger partial charge in [-0.1, -0.05) is 61.3 Å². The van der Waals surface area contributed by atoms with Crippen LogP contribution in [0.15, 0.2) is 87.2 Å². The Kier molecular flexibility index (Phi) is 9.55. The van der Waals surface area contributed by atoms with Crippen LogP contribution in [0.5, 0.6) is 11.5 Å². The molecule has 43 heavy (non-hydrogen) atoms. The second-order valence-electron chi connectivity index (χ2n) is 10.3. The fraction of sp³-hybridized carbons (Fsp3) is 0.206. The topological polar surface area (TPSA) is 65.7 Å². The summed E-state index contributed by atoms with van der Waals surface area (Å²) < 4.78 is 13.9. The number of hydrogen-bond donors (Lipinski definition) is 0. The van der Waals surface area contributed by atoms with Crippen LogP contribution in [0.1, 0.15) is 48.9 Å². The van der Waals surface area contributed by atoms with E-state index >= 15 is 0 Å². The molecule has 0 radical (unpaired) electrons. The lowest BCUT2D eigenvalue weighted by atomic mass is 9.96. The fourth-order valence-electron chi connectivity index (χ4n) is 4.73. The minimum Gasteiger partial charge on any atom is -0.494 e. The fourth-order valence-corrected chi connectivity index (χ4v) is 5.84. The lowest BCUT2D eigenvalue weighted by molar-refractivity contribution is 0.304. The van der Waals surface area contributed by atoms with Crippen molar-refractivity contribution in [2.75, 3.05) is 6.61 Å². The third-order valence-electron chi connectivity index (χ3n) is 6.91. The Labute approximate surface area is 269 Å². The minimum absolute atomic E-state index is 0.199. The lowest BCUT2D eigenvalue weighted by Crippen LogP contribution is -2.21. The third kappa shape index (κ3) is 6.80. The second-order valence-corrected chi connectivity index (χ2v) is 12.0. The van der Waals surface area contributed by atoms with Crippen LogP contribution < -0.4 is 15.0 Å². The molecule has 9 heteroatoms. The molecular weight excluding hydrogens is 649 g/mol. The number of para-hydroxylation sites is 1. The molecule has 0 saturated heterocycles. The van der Waals surface area contributed by atoms with Gasteiger partial charge in [-0.05, 0) is 106 Å². The summed E-state index contributed by atoms with van der Waals surface area (Å²) in [5, 5.41) is 6.18. The minimum atomic E-state index is -0.274. The maximum Gasteiger partial charge on any atom is 0.282 e. The zero-order valence-electron chi connectivity index (χ0n) is 24.2. The van der Waals surface area contributed by atoms with Crippen molar-refractivity contribution in [1.29, 1.82) is 0 Å². The van der Waals surface area contributed by atoms with Crippen molar-refractivity contribution in [3.8, 4) is 22.9 Å². The number of hydrogen-bond acceptors (Lipinski definition) is 5. The van der Waals surface area contributed by atoms with Crippen molar-refractivity contribution < 1.29 is 9.47 Å². The number of ether oxygens (including phenoxy) is 2. The molecule has 1 aromatic heterocycles. The van der Waals surface area contributed by atoms with Gasteiger partial charge in [0.05, 0.1) is 33.2 Å². The van der Waals surface area contributed by atoms with Crippen molar-refractivity contribution in [2.45, 2.75) is 40.2 Å². The van der Waals surface area contributed by atoms with Gasteiger partial charge < -0.3 is 9.47 Å². The van der Waals surface area contributed by atoms with Crippen LogP contribution in [0.3, 0.4) is 0 Å². The van der Waals surface area contributed by atoms with Crippen LogP contribution in [0.25, 0.3) is 22.3 Å². The number of rotatable bonds is 9. The number of aryl methyl sites for hydroxylation is 1. The third-order valence-corrected chi connectivity index (χ3v) is 8.03. The average Bonchev–Trinajstić information content (AvgIpc) is 2.97. The molecule has 0 N–H and O–H groups in total. The SMILES string of the molecule is CCOc1cc(C)c(-c2nc3ccccc3c(=O)n2N=Cc2cc(Cl)c(OCc3ccc(Cl)cc3)c(Br)c2)cc1C(C)C. The highest BCUT2D eigenvalue weighted by Crippen LogP contribution is 2.36. The Hall–Kier alpha value is -3.65. The highest BCUT2D eigenvalue weighted by Gasteiger charge is 2.19. The van der Waals surface area contributed by atoms with Gasteiger partial charge >= 0.3 is 0 Å². The Morgan fingerprint density at radius 1 is 1.02 bits per heavy atom. The normalized spacial score (nSPS) is 11.5. The summed E-state index contributed by atoms with van der Waals surface area (Å²) in [7, 11) is 0. The van der Waals surface area contributed by atoms with E-state index in [4.69, 9.17) is 37.7 Å². The van der Waals surface area contributed by atoms with Gasteiger partial charge in [-0.25, -0.2) is 4.98 Å². The molecule has 0 atom stereocenters. The standard InChI is InChI=1S/C34H30BrCl2N3O3/c1-5-42-31-14-21(4)27(17-26(31)20(2)3)33-39-30-9-7-6-8-25(30)34(41)40(33)38-18-23-15-28(35)32(29(37)16-23)43-19-22-10-12-24(36)13-11-22/h6-18,20H,5,19H2,1-4H3. The van der Waals surface area contributed by atoms with E-state index in [1.54, 1.807) is 18.3 Å². The van der Waals surface area contributed by atoms with Crippen LogP contribution in [-0.4, -0.2) is 22.5 Å². The Balaban J connectivity index is 1.56. The van der Waals surface area contributed by atoms with E-state index in [0.29, 0.717) is 55.8 Å². The zero-order chi connectivity index (χ0) is 30.7. The molecule has 220 valence electrons. The molecule has 0 spiro atoms. The molecule has 5 rings (SSSR count). The van der Waals surface area contributed by atoms with Crippen LogP contribution in [-0.2, 0) is 6.61 Å². The quantitative estimate of drug-likeness (QED) is 0.146. The first-order valence-corrected chi connectivity index (χ1v) is 15.4. The Bertz CT molecular complexity index is 1860. The largest absolute Gasteiger partial charge is 0.494 e. The van der Waals surface area contributed by atoms with Crippen molar-refractivity contribution in [1.82, 2.24) is 9.66 Å². The summed E-state index contributed by atoms with van der Waals surface area (Å²) >= 11 is 16.2. The molecule has 0 unspecified atom stereocenters. The summed E-state index contributed by atoms with van der Waals surface area (Å²) in [6.07, 6.45) is 1.59. The van der Waals surface area contributed by atoms with E-state index in [1.807, 2.05) is 74.5 Å². The van der Waals surface area contributed by atoms with Crippen LogP contribution >= 0.6 is 39.1 Å². The molecule has 6 nitrogen and oxygen atoms in total. The molecule has 0 amide bonds. The van der Waals surface area contributed by atoms with Gasteiger partial charge in [0.2, 0.25) is 0 Å². The monoisotopic (exact) mass is 677 g/mol. The summed E-state index contributed by atoms with van der Waals surface area (Å²) in [6.45, 7) is 9.06. The van der Waals surface area contributed by atoms with Gasteiger partial charge in [0.25, 0.3) is 5.56 Å². The predicted molar refractivity (Wildman–Crippen MR) is 179 cm³/mol. The molecule has 0 bridgehead atoms. The van der Waals surface area contributed by atoms with Gasteiger partial charge in [0.15, 0.2) is 11.6 Å². The van der Waals surface area contributed by atoms with Crippen molar-refractivity contribution >= 4 is 56.2 Å². The molecule has 0 fully saturated rings. The second kappa shape index (κ2) is 13.3. The lowest BCUT2D eigenvalue weighted by Gasteiger charge is -2.18. The van der Waals surface area contributed by atoms with E-state index in [-0.39, 0.29) is 11.5 Å². The van der Waals surface area contributed by atoms with Gasteiger partial charge in [-0.15, -0.1) is 0 Å². The maximum absolute atomic E-state index is 13.8. The van der Waals surface area contributed by atoms with E-state index in [1.165, 1.54) is 4.68 Å². The molecular formula is C34H30BrCl2N3O3. The summed E-state index contributed by atoms with van der Waals surface area (Å²) in [4.78, 5) is 18.7. The maximum atomic E-state index is 13.8. The molecule has 5 aromatic rings. The van der Waals surface area contributed by atoms with E-state index < -0.39 is 0 Å². The van der Waals surface area contributed by atoms with Gasteiger partial charge in [0.1, 0.15) is 12.4 Å². The van der Waals surface area contributed by atoms with Gasteiger partial charge in [-0.2, -0.15) is 9.78 Å². The number of nitrogens with zero attached hydrogens (tertiary/aromatic N) is 3. The molecule has 0 aliphatic carbocycles. The van der Waals surface area contributed by atoms with Gasteiger partial charge in [-0.3, -0.25) is 4.79 Å². The number of benzene rings is 4. The zero-order valence-corrected chi connectivity index (χ0v) is 27.3. The molecule has 1 heterocycles. The summed E-state index contributed by atoms with van der Waals surface area (Å²) in [5.74, 6) is 1.97. The van der Waals surface area contributed by atoms with E-state index in [0.717, 1.165) is 28.0 Å². The van der Waals surface area contributed by atoms with Crippen LogP contribution in [0, 0.1) is 6.92 Å². The highest BCUT2D eigenvalue weighted by molar-refractivity contribution is 9.10. The average molecular weight is 679 g/mol. The Morgan fingerprint density at radius 2 is 1.77 bits per heavy atom. The first kappa shape index (κ1) is 30.8. The van der Waals surface area contributed by atoms with Gasteiger partial charge in [0, 0.05) is 10.6 Å². The molecule has 0 saturated carbocycles. The number of aromatic nitrogens is 2. The Morgan fingerprint density at radius 3 is 2.47 bits per heavy atom. The smallest absolute Gasteiger partial charge is 0.282 e. The molecule has 4 aromatic carbocycles. The van der Waals surface area contributed by atoms with Crippen molar-refractivity contribution in [3.05, 3.63) is 120 Å². The summed E-state index contributed by atoms with van der Waals surface area (Å²) in [6, 6.07) is 22.3. The van der Waals surface area contributed by atoms with Crippen molar-refractivity contribution in [3.63, 3.8) is 0 Å². The van der Waals surface area contributed by atoms with Crippen LogP contribution in [0.2, 0.25) is 10.0 Å². The first-order valence-electron chi connectivity index (χ1n) is 13.9. The van der Waals surface area contributed by atoms with Crippen molar-refractivity contribution in [2.24, 2.45) is 5.10 Å². The molecule has 0 aliphatic rings. The van der Waals surface area contributed by atoms with E-state index in [2.05, 4.69) is 34.9 Å². The summed E-state index contributed by atoms with van der Waals surface area (Å²) in [5.41, 5.74) is 4.71. The van der Waals surface area contributed by atoms with Crippen LogP contribution in [0.4, 0.5) is 0 Å². The number of halogens is 3. The molecule has 0 aliphatic heterocycles. The predicted octanol–water partition coefficient (Wildman–Crippen LogP) is 9.42. The highest BCUT2D eigenvalue weighted by atomic mass is 79.9.